The fourth-order valence-electron chi connectivity index (χ4n) is 2.37. The van der Waals surface area contributed by atoms with E-state index in [1.807, 2.05) is 12.1 Å². The van der Waals surface area contributed by atoms with Gasteiger partial charge in [0.2, 0.25) is 5.91 Å². The third kappa shape index (κ3) is 4.40. The lowest BCUT2D eigenvalue weighted by atomic mass is 10.1. The van der Waals surface area contributed by atoms with Crippen molar-refractivity contribution in [3.63, 3.8) is 0 Å². The van der Waals surface area contributed by atoms with E-state index in [9.17, 15) is 9.59 Å². The number of rotatable bonds is 8. The molecule has 1 heterocycles. The highest BCUT2D eigenvalue weighted by Gasteiger charge is 2.20. The van der Waals surface area contributed by atoms with Gasteiger partial charge in [-0.15, -0.1) is 0 Å². The van der Waals surface area contributed by atoms with E-state index in [2.05, 4.69) is 10.4 Å². The molecular formula is C18H23N3O5. The van der Waals surface area contributed by atoms with Gasteiger partial charge in [0.25, 0.3) is 5.56 Å². The Morgan fingerprint density at radius 1 is 1.19 bits per heavy atom. The molecule has 2 rings (SSSR count). The topological polar surface area (TPSA) is 91.7 Å². The molecule has 1 aromatic heterocycles. The standard InChI is InChI=1S/C18H23N3O5/c1-12(18(23)19-9-10-24-2)21-16(22)11-15(26-4)17(20-21)13-5-7-14(25-3)8-6-13/h5-8,11-12H,9-10H2,1-4H3,(H,19,23)/t12-/m0/s1. The molecule has 0 aliphatic heterocycles. The van der Waals surface area contributed by atoms with Crippen LogP contribution in [0.25, 0.3) is 11.3 Å². The lowest BCUT2D eigenvalue weighted by Gasteiger charge is -2.16. The van der Waals surface area contributed by atoms with Crippen molar-refractivity contribution < 1.29 is 19.0 Å². The Labute approximate surface area is 151 Å². The molecule has 0 radical (unpaired) electrons. The number of carbonyl (C=O) groups is 1. The van der Waals surface area contributed by atoms with Crippen LogP contribution in [-0.2, 0) is 9.53 Å². The molecular weight excluding hydrogens is 338 g/mol. The predicted octanol–water partition coefficient (Wildman–Crippen LogP) is 1.25. The molecule has 8 heteroatoms. The number of aromatic nitrogens is 2. The molecule has 1 aromatic carbocycles. The summed E-state index contributed by atoms with van der Waals surface area (Å²) >= 11 is 0. The van der Waals surface area contributed by atoms with Crippen molar-refractivity contribution >= 4 is 5.91 Å². The summed E-state index contributed by atoms with van der Waals surface area (Å²) < 4.78 is 16.5. The van der Waals surface area contributed by atoms with Crippen LogP contribution in [0.3, 0.4) is 0 Å². The van der Waals surface area contributed by atoms with Crippen LogP contribution in [0.2, 0.25) is 0 Å². The van der Waals surface area contributed by atoms with Crippen LogP contribution in [-0.4, -0.2) is 50.2 Å². The Bertz CT molecular complexity index is 801. The molecule has 0 saturated heterocycles. The van der Waals surface area contributed by atoms with E-state index in [1.54, 1.807) is 33.3 Å². The maximum Gasteiger partial charge on any atom is 0.271 e. The molecule has 1 atom stereocenters. The fraction of sp³-hybridized carbons (Fsp3) is 0.389. The third-order valence-electron chi connectivity index (χ3n) is 3.86. The minimum absolute atomic E-state index is 0.317. The van der Waals surface area contributed by atoms with Gasteiger partial charge in [0.05, 0.1) is 20.8 Å². The number of hydrogen-bond donors (Lipinski definition) is 1. The largest absolute Gasteiger partial charge is 0.497 e. The van der Waals surface area contributed by atoms with E-state index in [1.165, 1.54) is 13.2 Å². The van der Waals surface area contributed by atoms with Gasteiger partial charge in [-0.25, -0.2) is 4.68 Å². The average Bonchev–Trinajstić information content (AvgIpc) is 2.67. The number of methoxy groups -OCH3 is 3. The van der Waals surface area contributed by atoms with Crippen molar-refractivity contribution in [2.75, 3.05) is 34.5 Å². The van der Waals surface area contributed by atoms with E-state index < -0.39 is 11.6 Å². The quantitative estimate of drug-likeness (QED) is 0.712. The molecule has 0 fully saturated rings. The number of nitrogens with one attached hydrogen (secondary N) is 1. The summed E-state index contributed by atoms with van der Waals surface area (Å²) in [4.78, 5) is 24.6. The summed E-state index contributed by atoms with van der Waals surface area (Å²) in [5.74, 6) is 0.720. The number of amides is 1. The third-order valence-corrected chi connectivity index (χ3v) is 3.86. The number of benzene rings is 1. The van der Waals surface area contributed by atoms with Crippen molar-refractivity contribution in [1.29, 1.82) is 0 Å². The van der Waals surface area contributed by atoms with Crippen LogP contribution in [0.5, 0.6) is 11.5 Å². The summed E-state index contributed by atoms with van der Waals surface area (Å²) in [5.41, 5.74) is 0.781. The SMILES string of the molecule is COCCNC(=O)[C@H](C)n1nc(-c2ccc(OC)cc2)c(OC)cc1=O. The Kier molecular flexibility index (Phi) is 6.74. The number of ether oxygens (including phenoxy) is 3. The fourth-order valence-corrected chi connectivity index (χ4v) is 2.37. The van der Waals surface area contributed by atoms with Gasteiger partial charge in [0.15, 0.2) is 5.75 Å². The maximum absolute atomic E-state index is 12.4. The van der Waals surface area contributed by atoms with Crippen molar-refractivity contribution in [1.82, 2.24) is 15.1 Å². The van der Waals surface area contributed by atoms with Gasteiger partial charge >= 0.3 is 0 Å². The molecule has 0 bridgehead atoms. The highest BCUT2D eigenvalue weighted by molar-refractivity contribution is 5.79. The molecule has 0 unspecified atom stereocenters. The second-order valence-electron chi connectivity index (χ2n) is 5.53. The lowest BCUT2D eigenvalue weighted by molar-refractivity contribution is -0.124. The summed E-state index contributed by atoms with van der Waals surface area (Å²) in [6.07, 6.45) is 0. The summed E-state index contributed by atoms with van der Waals surface area (Å²) in [5, 5.41) is 7.06. The molecule has 0 saturated carbocycles. The van der Waals surface area contributed by atoms with Crippen LogP contribution in [0.4, 0.5) is 0 Å². The summed E-state index contributed by atoms with van der Waals surface area (Å²) in [6, 6.07) is 7.73. The van der Waals surface area contributed by atoms with Crippen LogP contribution in [0, 0.1) is 0 Å². The van der Waals surface area contributed by atoms with Crippen molar-refractivity contribution in [3.8, 4) is 22.8 Å². The molecule has 2 aromatic rings. The second kappa shape index (κ2) is 9.00. The Balaban J connectivity index is 2.38. The van der Waals surface area contributed by atoms with E-state index >= 15 is 0 Å². The highest BCUT2D eigenvalue weighted by Crippen LogP contribution is 2.28. The van der Waals surface area contributed by atoms with Gasteiger partial charge in [-0.1, -0.05) is 0 Å². The van der Waals surface area contributed by atoms with E-state index in [0.29, 0.717) is 30.3 Å². The predicted molar refractivity (Wildman–Crippen MR) is 96.6 cm³/mol. The average molecular weight is 361 g/mol. The molecule has 1 amide bonds. The lowest BCUT2D eigenvalue weighted by Crippen LogP contribution is -2.38. The van der Waals surface area contributed by atoms with Gasteiger partial charge in [-0.05, 0) is 31.2 Å². The van der Waals surface area contributed by atoms with E-state index in [-0.39, 0.29) is 5.91 Å². The Morgan fingerprint density at radius 2 is 1.88 bits per heavy atom. The molecule has 140 valence electrons. The van der Waals surface area contributed by atoms with E-state index in [4.69, 9.17) is 14.2 Å². The number of nitrogens with zero attached hydrogens (tertiary/aromatic N) is 2. The van der Waals surface area contributed by atoms with Gasteiger partial charge in [-0.2, -0.15) is 5.10 Å². The van der Waals surface area contributed by atoms with Gasteiger partial charge in [0, 0.05) is 25.3 Å². The highest BCUT2D eigenvalue weighted by atomic mass is 16.5. The van der Waals surface area contributed by atoms with Crippen LogP contribution in [0.15, 0.2) is 35.1 Å². The Hall–Kier alpha value is -2.87. The molecule has 0 spiro atoms. The first-order valence-corrected chi connectivity index (χ1v) is 8.10. The first-order chi connectivity index (χ1) is 12.5. The molecule has 8 nitrogen and oxygen atoms in total. The van der Waals surface area contributed by atoms with Crippen LogP contribution >= 0.6 is 0 Å². The molecule has 0 aliphatic carbocycles. The number of carbonyl (C=O) groups excluding carboxylic acids is 1. The Morgan fingerprint density at radius 3 is 2.46 bits per heavy atom. The summed E-state index contributed by atoms with van der Waals surface area (Å²) in [7, 11) is 4.60. The van der Waals surface area contributed by atoms with Gasteiger partial charge in [0.1, 0.15) is 17.5 Å². The van der Waals surface area contributed by atoms with Gasteiger partial charge in [-0.3, -0.25) is 9.59 Å². The maximum atomic E-state index is 12.4. The first kappa shape index (κ1) is 19.5. The zero-order valence-corrected chi connectivity index (χ0v) is 15.3. The number of hydrogen-bond acceptors (Lipinski definition) is 6. The molecule has 1 N–H and O–H groups in total. The van der Waals surface area contributed by atoms with Crippen LogP contribution < -0.4 is 20.3 Å². The zero-order valence-electron chi connectivity index (χ0n) is 15.3. The first-order valence-electron chi connectivity index (χ1n) is 8.10. The second-order valence-corrected chi connectivity index (χ2v) is 5.53. The summed E-state index contributed by atoms with van der Waals surface area (Å²) in [6.45, 7) is 2.36. The zero-order chi connectivity index (χ0) is 19.1. The normalized spacial score (nSPS) is 11.7. The van der Waals surface area contributed by atoms with Crippen molar-refractivity contribution in [3.05, 3.63) is 40.7 Å². The van der Waals surface area contributed by atoms with Gasteiger partial charge < -0.3 is 19.5 Å². The van der Waals surface area contributed by atoms with Crippen molar-refractivity contribution in [2.45, 2.75) is 13.0 Å². The smallest absolute Gasteiger partial charge is 0.271 e. The van der Waals surface area contributed by atoms with Crippen LogP contribution in [0.1, 0.15) is 13.0 Å². The van der Waals surface area contributed by atoms with Crippen molar-refractivity contribution in [2.24, 2.45) is 0 Å². The molecule has 0 aliphatic rings. The minimum Gasteiger partial charge on any atom is -0.497 e. The minimum atomic E-state index is -0.776. The molecule has 26 heavy (non-hydrogen) atoms. The van der Waals surface area contributed by atoms with E-state index in [0.717, 1.165) is 10.2 Å². The monoisotopic (exact) mass is 361 g/mol.